The summed E-state index contributed by atoms with van der Waals surface area (Å²) in [6.07, 6.45) is 15.9. The van der Waals surface area contributed by atoms with Crippen LogP contribution in [0.2, 0.25) is 0 Å². The van der Waals surface area contributed by atoms with Crippen LogP contribution < -0.4 is 0 Å². The molecule has 0 saturated heterocycles. The summed E-state index contributed by atoms with van der Waals surface area (Å²) in [5.74, 6) is -0.385. The van der Waals surface area contributed by atoms with E-state index in [0.29, 0.717) is 0 Å². The van der Waals surface area contributed by atoms with E-state index in [1.54, 1.807) is 33.7 Å². The molecular formula is C29H26Cl2F2GeZr-4. The maximum atomic E-state index is 12.8. The Morgan fingerprint density at radius 3 is 1.34 bits per heavy atom. The SMILES string of the molecule is Cl.Cl.Fc1cccc(C2=[C-]CC=C2)c1.Fc1cccc(C2=[C-]CC=C2)c1.[CH3-].[Ge]=[Zr].[c-]1ccccc1. The third-order valence-electron chi connectivity index (χ3n) is 4.27. The van der Waals surface area contributed by atoms with Gasteiger partial charge >= 0.3 is 33.7 Å². The van der Waals surface area contributed by atoms with Gasteiger partial charge in [-0.2, -0.15) is 71.8 Å². The van der Waals surface area contributed by atoms with Gasteiger partial charge in [0, 0.05) is 0 Å². The van der Waals surface area contributed by atoms with Gasteiger partial charge in [-0.05, 0) is 12.1 Å². The van der Waals surface area contributed by atoms with Crippen LogP contribution in [0.5, 0.6) is 0 Å². The van der Waals surface area contributed by atoms with Crippen LogP contribution in [0.4, 0.5) is 8.78 Å². The fourth-order valence-electron chi connectivity index (χ4n) is 2.86. The van der Waals surface area contributed by atoms with Crippen molar-refractivity contribution in [2.75, 3.05) is 0 Å². The predicted octanol–water partition coefficient (Wildman–Crippen LogP) is 8.34. The summed E-state index contributed by atoms with van der Waals surface area (Å²) < 4.78 is 25.5. The number of allylic oxidation sites excluding steroid dienone is 8. The molecule has 35 heavy (non-hydrogen) atoms. The molecule has 3 aromatic rings. The van der Waals surface area contributed by atoms with Gasteiger partial charge in [0.25, 0.3) is 0 Å². The standard InChI is InChI=1S/2C11H8F.C6H5.CH3.2ClH.Ge.Zr/c2*12-11-7-3-6-10(8-11)9-4-1-2-5-9;1-2-4-6-5-3-1;;;;;/h2*1,3-4,6-8H,2H2;1-5H;1H3;2*1H;;/q4*-1;;;;. The average Bonchev–Trinajstić information content (AvgIpc) is 3.57. The molecule has 2 radical (unpaired) electrons. The van der Waals surface area contributed by atoms with E-state index in [4.69, 9.17) is 0 Å². The van der Waals surface area contributed by atoms with E-state index in [2.05, 4.69) is 30.4 Å². The normalized spacial score (nSPS) is 11.7. The van der Waals surface area contributed by atoms with Gasteiger partial charge in [0.2, 0.25) is 0 Å². The van der Waals surface area contributed by atoms with Crippen LogP contribution in [0, 0.1) is 37.3 Å². The van der Waals surface area contributed by atoms with Gasteiger partial charge in [0.1, 0.15) is 11.6 Å². The van der Waals surface area contributed by atoms with Gasteiger partial charge in [-0.15, -0.1) is 60.2 Å². The summed E-state index contributed by atoms with van der Waals surface area (Å²) in [6, 6.07) is 25.7. The fraction of sp³-hybridized carbons (Fsp3) is 0.0690. The Labute approximate surface area is 241 Å². The molecule has 0 atom stereocenters. The van der Waals surface area contributed by atoms with Gasteiger partial charge in [-0.25, -0.2) is 8.78 Å². The van der Waals surface area contributed by atoms with Gasteiger partial charge < -0.3 is 7.43 Å². The van der Waals surface area contributed by atoms with Crippen LogP contribution in [0.15, 0.2) is 103 Å². The molecule has 0 fully saturated rings. The van der Waals surface area contributed by atoms with Crippen molar-refractivity contribution in [2.45, 2.75) is 12.8 Å². The molecule has 0 saturated carbocycles. The Kier molecular flexibility index (Phi) is 22.1. The van der Waals surface area contributed by atoms with Gasteiger partial charge in [0.05, 0.1) is 0 Å². The summed E-state index contributed by atoms with van der Waals surface area (Å²) in [5, 5.41) is 0. The molecule has 0 heterocycles. The first-order valence-electron chi connectivity index (χ1n) is 9.95. The number of rotatable bonds is 2. The second kappa shape index (κ2) is 21.7. The molecule has 0 N–H and O–H groups in total. The predicted molar refractivity (Wildman–Crippen MR) is 146 cm³/mol. The molecule has 0 aromatic heterocycles. The fourth-order valence-corrected chi connectivity index (χ4v) is 2.86. The van der Waals surface area contributed by atoms with Gasteiger partial charge in [-0.3, -0.25) is 0 Å². The second-order valence-electron chi connectivity index (χ2n) is 6.49. The molecule has 3 aromatic carbocycles. The summed E-state index contributed by atoms with van der Waals surface area (Å²) in [6.45, 7) is 0. The van der Waals surface area contributed by atoms with E-state index in [1.807, 2.05) is 66.8 Å². The largest absolute Gasteiger partial charge is 0.184 e. The molecule has 0 amide bonds. The molecule has 0 spiro atoms. The van der Waals surface area contributed by atoms with E-state index in [9.17, 15) is 8.78 Å². The van der Waals surface area contributed by atoms with Gasteiger partial charge in [0.15, 0.2) is 0 Å². The third-order valence-corrected chi connectivity index (χ3v) is 4.27. The van der Waals surface area contributed by atoms with Crippen LogP contribution in [0.1, 0.15) is 24.0 Å². The van der Waals surface area contributed by atoms with Crippen LogP contribution in [-0.2, 0) is 21.6 Å². The molecule has 6 heteroatoms. The number of hydrogen-bond donors (Lipinski definition) is 0. The zero-order chi connectivity index (χ0) is 23.0. The Balaban J connectivity index is 0. The van der Waals surface area contributed by atoms with Crippen molar-refractivity contribution in [3.05, 3.63) is 152 Å². The van der Waals surface area contributed by atoms with Crippen molar-refractivity contribution in [1.82, 2.24) is 0 Å². The summed E-state index contributed by atoms with van der Waals surface area (Å²) in [5.41, 5.74) is 3.80. The summed E-state index contributed by atoms with van der Waals surface area (Å²) in [7, 11) is 0. The van der Waals surface area contributed by atoms with E-state index in [-0.39, 0.29) is 43.9 Å². The minimum Gasteiger partial charge on any atom is -0.184 e. The molecule has 5 rings (SSSR count). The van der Waals surface area contributed by atoms with Gasteiger partial charge in [-0.1, -0.05) is 37.1 Å². The van der Waals surface area contributed by atoms with Crippen molar-refractivity contribution in [3.8, 4) is 0 Å². The van der Waals surface area contributed by atoms with Crippen molar-refractivity contribution in [1.29, 1.82) is 0 Å². The van der Waals surface area contributed by atoms with E-state index < -0.39 is 0 Å². The number of halogens is 4. The van der Waals surface area contributed by atoms with E-state index >= 15 is 0 Å². The molecule has 0 unspecified atom stereocenters. The Morgan fingerprint density at radius 1 is 0.657 bits per heavy atom. The van der Waals surface area contributed by atoms with E-state index in [1.165, 1.54) is 24.3 Å². The molecule has 0 aliphatic heterocycles. The molecule has 2 aliphatic carbocycles. The summed E-state index contributed by atoms with van der Waals surface area (Å²) in [4.78, 5) is 0. The van der Waals surface area contributed by atoms with Crippen LogP contribution >= 0.6 is 24.8 Å². The Morgan fingerprint density at radius 2 is 1.09 bits per heavy atom. The first-order valence-corrected chi connectivity index (χ1v) is 17.4. The molecular weight excluding hydrogens is 621 g/mol. The van der Waals surface area contributed by atoms with Crippen molar-refractivity contribution < 1.29 is 30.4 Å². The van der Waals surface area contributed by atoms with Crippen molar-refractivity contribution in [3.63, 3.8) is 0 Å². The topological polar surface area (TPSA) is 0 Å². The second-order valence-corrected chi connectivity index (χ2v) is 6.49. The zero-order valence-electron chi connectivity index (χ0n) is 19.3. The maximum absolute atomic E-state index is 12.8. The average molecular weight is 647 g/mol. The van der Waals surface area contributed by atoms with Crippen molar-refractivity contribution in [2.24, 2.45) is 0 Å². The summed E-state index contributed by atoms with van der Waals surface area (Å²) >= 11 is 3.64. The first-order chi connectivity index (χ1) is 15.7. The minimum absolute atomic E-state index is 0. The first kappa shape index (κ1) is 35.6. The Hall–Kier alpha value is -1.51. The van der Waals surface area contributed by atoms with Crippen LogP contribution in [-0.4, -0.2) is 12.1 Å². The monoisotopic (exact) mass is 646 g/mol. The number of benzene rings is 3. The molecule has 2 aliphatic rings. The van der Waals surface area contributed by atoms with Crippen molar-refractivity contribution >= 4 is 48.1 Å². The van der Waals surface area contributed by atoms with Crippen LogP contribution in [0.3, 0.4) is 0 Å². The number of hydrogen-bond acceptors (Lipinski definition) is 0. The van der Waals surface area contributed by atoms with Crippen LogP contribution in [0.25, 0.3) is 11.1 Å². The quantitative estimate of drug-likeness (QED) is 0.194. The maximum Gasteiger partial charge on any atom is -0.171 e. The molecule has 0 nitrogen and oxygen atoms in total. The molecule has 0 bridgehead atoms. The molecule has 182 valence electrons. The zero-order valence-corrected chi connectivity index (χ0v) is 25.5. The minimum atomic E-state index is -0.192. The third kappa shape index (κ3) is 14.0. The van der Waals surface area contributed by atoms with E-state index in [0.717, 1.165) is 35.1 Å². The Bertz CT molecular complexity index is 998. The smallest absolute Gasteiger partial charge is 0.171 e.